The van der Waals surface area contributed by atoms with Crippen molar-refractivity contribution in [2.75, 3.05) is 20.3 Å². The molecule has 0 heterocycles. The Hall–Kier alpha value is -1.39. The number of rotatable bonds is 7. The van der Waals surface area contributed by atoms with Gasteiger partial charge in [0.05, 0.1) is 19.8 Å². The fourth-order valence-electron chi connectivity index (χ4n) is 1.97. The highest BCUT2D eigenvalue weighted by Crippen LogP contribution is 2.18. The summed E-state index contributed by atoms with van der Waals surface area (Å²) < 4.78 is 9.73. The van der Waals surface area contributed by atoms with Crippen molar-refractivity contribution in [2.24, 2.45) is 5.73 Å². The Bertz CT molecular complexity index is 418. The van der Waals surface area contributed by atoms with Crippen LogP contribution in [-0.4, -0.2) is 26.3 Å². The molecular weight excluding hydrogens is 242 g/mol. The van der Waals surface area contributed by atoms with Gasteiger partial charge in [0.1, 0.15) is 6.61 Å². The molecule has 1 unspecified atom stereocenters. The highest BCUT2D eigenvalue weighted by molar-refractivity contribution is 5.70. The molecule has 0 saturated carbocycles. The first-order valence-electron chi connectivity index (χ1n) is 6.64. The predicted molar refractivity (Wildman–Crippen MR) is 75.0 cm³/mol. The van der Waals surface area contributed by atoms with Crippen LogP contribution >= 0.6 is 0 Å². The summed E-state index contributed by atoms with van der Waals surface area (Å²) in [5.41, 5.74) is 9.78. The maximum absolute atomic E-state index is 10.9. The first-order chi connectivity index (χ1) is 9.12. The summed E-state index contributed by atoms with van der Waals surface area (Å²) in [6.45, 7) is 4.53. The smallest absolute Gasteiger partial charge is 0.331 e. The van der Waals surface area contributed by atoms with Gasteiger partial charge in [-0.05, 0) is 29.5 Å². The van der Waals surface area contributed by atoms with E-state index in [0.29, 0.717) is 6.61 Å². The molecule has 1 atom stereocenters. The lowest BCUT2D eigenvalue weighted by molar-refractivity contribution is -0.146. The van der Waals surface area contributed by atoms with Crippen LogP contribution < -0.4 is 5.73 Å². The summed E-state index contributed by atoms with van der Waals surface area (Å²) >= 11 is 0. The van der Waals surface area contributed by atoms with E-state index in [1.165, 1.54) is 18.2 Å². The van der Waals surface area contributed by atoms with E-state index in [0.717, 1.165) is 18.4 Å². The lowest BCUT2D eigenvalue weighted by Gasteiger charge is -2.15. The highest BCUT2D eigenvalue weighted by Gasteiger charge is 2.10. The maximum atomic E-state index is 10.9. The number of hydrogen-bond donors (Lipinski definition) is 1. The van der Waals surface area contributed by atoms with Crippen molar-refractivity contribution in [1.82, 2.24) is 0 Å². The molecule has 1 aromatic carbocycles. The van der Waals surface area contributed by atoms with Gasteiger partial charge >= 0.3 is 5.97 Å². The van der Waals surface area contributed by atoms with Crippen LogP contribution in [0.4, 0.5) is 0 Å². The van der Waals surface area contributed by atoms with Gasteiger partial charge in [0.15, 0.2) is 0 Å². The Balaban J connectivity index is 2.61. The number of benzene rings is 1. The van der Waals surface area contributed by atoms with Crippen LogP contribution in [0.25, 0.3) is 0 Å². The van der Waals surface area contributed by atoms with E-state index < -0.39 is 0 Å². The van der Waals surface area contributed by atoms with Crippen molar-refractivity contribution in [1.29, 1.82) is 0 Å². The minimum Gasteiger partial charge on any atom is -0.467 e. The molecule has 0 radical (unpaired) electrons. The van der Waals surface area contributed by atoms with Gasteiger partial charge in [-0.15, -0.1) is 0 Å². The molecular formula is C15H23NO3. The van der Waals surface area contributed by atoms with Crippen LogP contribution in [0.5, 0.6) is 0 Å². The molecule has 4 heteroatoms. The first-order valence-corrected chi connectivity index (χ1v) is 6.64. The summed E-state index contributed by atoms with van der Waals surface area (Å²) in [5.74, 6) is -0.386. The normalized spacial score (nSPS) is 12.2. The molecule has 0 spiro atoms. The van der Waals surface area contributed by atoms with Gasteiger partial charge in [0, 0.05) is 0 Å². The third-order valence-corrected chi connectivity index (χ3v) is 3.17. The molecule has 0 aromatic heterocycles. The molecule has 1 aromatic rings. The van der Waals surface area contributed by atoms with E-state index in [1.54, 1.807) is 0 Å². The van der Waals surface area contributed by atoms with Crippen molar-refractivity contribution in [3.05, 3.63) is 34.9 Å². The van der Waals surface area contributed by atoms with Gasteiger partial charge in [0.2, 0.25) is 0 Å². The van der Waals surface area contributed by atoms with Crippen LogP contribution in [0.3, 0.4) is 0 Å². The summed E-state index contributed by atoms with van der Waals surface area (Å²) in [4.78, 5) is 10.9. The Morgan fingerprint density at radius 2 is 1.95 bits per heavy atom. The quantitative estimate of drug-likeness (QED) is 0.766. The molecule has 0 aliphatic carbocycles. The molecule has 0 fully saturated rings. The average Bonchev–Trinajstić information content (AvgIpc) is 2.45. The topological polar surface area (TPSA) is 61.5 Å². The van der Waals surface area contributed by atoms with Crippen molar-refractivity contribution < 1.29 is 14.3 Å². The molecule has 0 aliphatic rings. The number of ether oxygens (including phenoxy) is 2. The molecule has 0 bridgehead atoms. The fraction of sp³-hybridized carbons (Fsp3) is 0.533. The van der Waals surface area contributed by atoms with Gasteiger partial charge in [-0.25, -0.2) is 4.79 Å². The summed E-state index contributed by atoms with van der Waals surface area (Å²) in [5, 5.41) is 0. The summed E-state index contributed by atoms with van der Waals surface area (Å²) in [6.07, 6.45) is 2.02. The number of carbonyl (C=O) groups is 1. The zero-order valence-electron chi connectivity index (χ0n) is 11.9. The molecule has 0 saturated heterocycles. The van der Waals surface area contributed by atoms with Crippen molar-refractivity contribution in [3.8, 4) is 0 Å². The van der Waals surface area contributed by atoms with Gasteiger partial charge in [-0.1, -0.05) is 32.0 Å². The van der Waals surface area contributed by atoms with Crippen molar-refractivity contribution in [2.45, 2.75) is 32.7 Å². The predicted octanol–water partition coefficient (Wildman–Crippen LogP) is 2.00. The van der Waals surface area contributed by atoms with E-state index in [1.807, 2.05) is 6.07 Å². The SMILES string of the molecule is CCc1ccc(C(N)COCC(=O)OC)cc1CC. The third kappa shape index (κ3) is 4.65. The number of hydrogen-bond acceptors (Lipinski definition) is 4. The molecule has 2 N–H and O–H groups in total. The van der Waals surface area contributed by atoms with Crippen LogP contribution in [0.2, 0.25) is 0 Å². The van der Waals surface area contributed by atoms with Crippen LogP contribution in [0, 0.1) is 0 Å². The Labute approximate surface area is 114 Å². The van der Waals surface area contributed by atoms with Crippen molar-refractivity contribution in [3.63, 3.8) is 0 Å². The minimum absolute atomic E-state index is 0.0577. The molecule has 19 heavy (non-hydrogen) atoms. The monoisotopic (exact) mass is 265 g/mol. The summed E-state index contributed by atoms with van der Waals surface area (Å²) in [6, 6.07) is 6.06. The maximum Gasteiger partial charge on any atom is 0.331 e. The first kappa shape index (κ1) is 15.7. The number of carbonyl (C=O) groups excluding carboxylic acids is 1. The highest BCUT2D eigenvalue weighted by atomic mass is 16.6. The molecule has 1 rings (SSSR count). The number of aryl methyl sites for hydroxylation is 2. The van der Waals surface area contributed by atoms with Gasteiger partial charge in [-0.2, -0.15) is 0 Å². The molecule has 106 valence electrons. The third-order valence-electron chi connectivity index (χ3n) is 3.17. The number of methoxy groups -OCH3 is 1. The molecule has 0 amide bonds. The van der Waals surface area contributed by atoms with Crippen LogP contribution in [-0.2, 0) is 27.1 Å². The summed E-state index contributed by atoms with van der Waals surface area (Å²) in [7, 11) is 1.34. The minimum atomic E-state index is -0.386. The zero-order chi connectivity index (χ0) is 14.3. The standard InChI is InChI=1S/C15H23NO3/c1-4-11-6-7-13(8-12(11)5-2)14(16)9-19-10-15(17)18-3/h6-8,14H,4-5,9-10,16H2,1-3H3. The average molecular weight is 265 g/mol. The fourth-order valence-corrected chi connectivity index (χ4v) is 1.97. The Morgan fingerprint density at radius 3 is 2.53 bits per heavy atom. The Kier molecular flexibility index (Phi) is 6.53. The second kappa shape index (κ2) is 7.92. The van der Waals surface area contributed by atoms with E-state index >= 15 is 0 Å². The van der Waals surface area contributed by atoms with E-state index in [-0.39, 0.29) is 18.6 Å². The number of nitrogens with two attached hydrogens (primary N) is 1. The van der Waals surface area contributed by atoms with Gasteiger partial charge < -0.3 is 15.2 Å². The second-order valence-electron chi connectivity index (χ2n) is 4.43. The van der Waals surface area contributed by atoms with Crippen LogP contribution in [0.15, 0.2) is 18.2 Å². The zero-order valence-corrected chi connectivity index (χ0v) is 11.9. The van der Waals surface area contributed by atoms with E-state index in [4.69, 9.17) is 10.5 Å². The number of esters is 1. The largest absolute Gasteiger partial charge is 0.467 e. The van der Waals surface area contributed by atoms with Gasteiger partial charge in [-0.3, -0.25) is 0 Å². The van der Waals surface area contributed by atoms with E-state index in [2.05, 4.69) is 30.7 Å². The van der Waals surface area contributed by atoms with Crippen LogP contribution in [0.1, 0.15) is 36.6 Å². The van der Waals surface area contributed by atoms with Crippen molar-refractivity contribution >= 4 is 5.97 Å². The van der Waals surface area contributed by atoms with E-state index in [9.17, 15) is 4.79 Å². The lowest BCUT2D eigenvalue weighted by atomic mass is 9.97. The molecule has 4 nitrogen and oxygen atoms in total. The lowest BCUT2D eigenvalue weighted by Crippen LogP contribution is -2.20. The Morgan fingerprint density at radius 1 is 1.26 bits per heavy atom. The molecule has 0 aliphatic heterocycles. The van der Waals surface area contributed by atoms with Gasteiger partial charge in [0.25, 0.3) is 0 Å². The second-order valence-corrected chi connectivity index (χ2v) is 4.43.